The van der Waals surface area contributed by atoms with Crippen LogP contribution in [-0.4, -0.2) is 48.8 Å². The molecule has 0 radical (unpaired) electrons. The number of carbonyl (C=O) groups is 1. The Labute approximate surface area is 124 Å². The first-order chi connectivity index (χ1) is 10.1. The largest absolute Gasteiger partial charge is 0.481 e. The molecular weight excluding hydrogens is 296 g/mol. The predicted molar refractivity (Wildman–Crippen MR) is 74.2 cm³/mol. The van der Waals surface area contributed by atoms with Crippen LogP contribution in [0.2, 0.25) is 0 Å². The molecule has 0 aliphatic carbocycles. The third-order valence-corrected chi connectivity index (χ3v) is 3.56. The summed E-state index contributed by atoms with van der Waals surface area (Å²) in [6.07, 6.45) is 1.61. The number of aliphatic hydroxyl groups is 1. The normalized spacial score (nSPS) is 10.6. The minimum atomic E-state index is -0.939. The van der Waals surface area contributed by atoms with Gasteiger partial charge in [0.05, 0.1) is 19.4 Å². The summed E-state index contributed by atoms with van der Waals surface area (Å²) in [7, 11) is 1.53. The van der Waals surface area contributed by atoms with Gasteiger partial charge in [-0.3, -0.25) is 9.36 Å². The van der Waals surface area contributed by atoms with Gasteiger partial charge in [-0.15, -0.1) is 10.2 Å². The lowest BCUT2D eigenvalue weighted by molar-refractivity contribution is -0.133. The van der Waals surface area contributed by atoms with Gasteiger partial charge in [0.1, 0.15) is 6.61 Å². The number of ether oxygens (including phenoxy) is 1. The van der Waals surface area contributed by atoms with Crippen LogP contribution in [0.1, 0.15) is 11.4 Å². The van der Waals surface area contributed by atoms with E-state index in [1.54, 1.807) is 22.9 Å². The average Bonchev–Trinajstić information content (AvgIpc) is 2.87. The number of rotatable bonds is 7. The zero-order valence-corrected chi connectivity index (χ0v) is 12.1. The molecule has 8 nitrogen and oxygen atoms in total. The maximum atomic E-state index is 10.6. The van der Waals surface area contributed by atoms with Crippen LogP contribution in [0.5, 0.6) is 5.88 Å². The highest BCUT2D eigenvalue weighted by atomic mass is 32.2. The van der Waals surface area contributed by atoms with Crippen molar-refractivity contribution < 1.29 is 19.7 Å². The van der Waals surface area contributed by atoms with E-state index in [1.807, 2.05) is 0 Å². The van der Waals surface area contributed by atoms with E-state index in [9.17, 15) is 9.90 Å². The van der Waals surface area contributed by atoms with Gasteiger partial charge in [-0.2, -0.15) is 0 Å². The van der Waals surface area contributed by atoms with Crippen molar-refractivity contribution >= 4 is 17.7 Å². The highest BCUT2D eigenvalue weighted by Crippen LogP contribution is 2.19. The number of carboxylic acid groups (broad SMARTS) is 1. The molecule has 0 saturated heterocycles. The molecule has 0 aliphatic heterocycles. The smallest absolute Gasteiger partial charge is 0.313 e. The third-order valence-electron chi connectivity index (χ3n) is 2.61. The van der Waals surface area contributed by atoms with Gasteiger partial charge in [-0.25, -0.2) is 4.98 Å². The standard InChI is InChI=1S/C12H14N4O4S/c1-20-10-4-8(2-3-13-10)5-16-9(6-17)14-15-12(16)21-7-11(18)19/h2-4,17H,5-7H2,1H3,(H,18,19). The fraction of sp³-hybridized carbons (Fsp3) is 0.333. The summed E-state index contributed by atoms with van der Waals surface area (Å²) in [5, 5.41) is 26.2. The van der Waals surface area contributed by atoms with Crippen LogP contribution in [0, 0.1) is 0 Å². The van der Waals surface area contributed by atoms with E-state index in [1.165, 1.54) is 7.11 Å². The van der Waals surface area contributed by atoms with E-state index in [0.717, 1.165) is 17.3 Å². The molecule has 0 saturated carbocycles. The number of aliphatic hydroxyl groups excluding tert-OH is 1. The molecular formula is C12H14N4O4S. The molecule has 2 rings (SSSR count). The van der Waals surface area contributed by atoms with Crippen molar-refractivity contribution in [1.82, 2.24) is 19.7 Å². The van der Waals surface area contributed by atoms with E-state index < -0.39 is 5.97 Å². The number of carboxylic acids is 1. The molecule has 0 fully saturated rings. The molecule has 2 aromatic heterocycles. The minimum Gasteiger partial charge on any atom is -0.481 e. The zero-order chi connectivity index (χ0) is 15.2. The van der Waals surface area contributed by atoms with Gasteiger partial charge in [0.2, 0.25) is 5.88 Å². The maximum absolute atomic E-state index is 10.6. The lowest BCUT2D eigenvalue weighted by Crippen LogP contribution is -2.08. The van der Waals surface area contributed by atoms with E-state index in [4.69, 9.17) is 9.84 Å². The molecule has 0 spiro atoms. The van der Waals surface area contributed by atoms with Gasteiger partial charge >= 0.3 is 5.97 Å². The summed E-state index contributed by atoms with van der Waals surface area (Å²) in [5.41, 5.74) is 0.883. The van der Waals surface area contributed by atoms with Crippen molar-refractivity contribution in [3.63, 3.8) is 0 Å². The molecule has 0 amide bonds. The first-order valence-electron chi connectivity index (χ1n) is 6.00. The van der Waals surface area contributed by atoms with Crippen molar-refractivity contribution in [3.8, 4) is 5.88 Å². The lowest BCUT2D eigenvalue weighted by Gasteiger charge is -2.09. The SMILES string of the molecule is COc1cc(Cn2c(CO)nnc2SCC(=O)O)ccn1. The Morgan fingerprint density at radius 3 is 2.95 bits per heavy atom. The number of pyridine rings is 1. The molecule has 112 valence electrons. The minimum absolute atomic E-state index is 0.122. The quantitative estimate of drug-likeness (QED) is 0.707. The summed E-state index contributed by atoms with van der Waals surface area (Å²) in [6.45, 7) is 0.118. The van der Waals surface area contributed by atoms with Crippen LogP contribution in [0.25, 0.3) is 0 Å². The molecule has 21 heavy (non-hydrogen) atoms. The summed E-state index contributed by atoms with van der Waals surface area (Å²) in [5.74, 6) is -0.210. The van der Waals surface area contributed by atoms with Gasteiger partial charge < -0.3 is 14.9 Å². The molecule has 9 heteroatoms. The predicted octanol–water partition coefficient (Wildman–Crippen LogP) is 0.399. The van der Waals surface area contributed by atoms with Crippen LogP contribution in [-0.2, 0) is 17.9 Å². The van der Waals surface area contributed by atoms with Crippen LogP contribution < -0.4 is 4.74 Å². The Bertz CT molecular complexity index is 631. The molecule has 0 unspecified atom stereocenters. The zero-order valence-electron chi connectivity index (χ0n) is 11.3. The van der Waals surface area contributed by atoms with E-state index in [-0.39, 0.29) is 12.4 Å². The highest BCUT2D eigenvalue weighted by Gasteiger charge is 2.14. The molecule has 2 aromatic rings. The Hall–Kier alpha value is -2.13. The van der Waals surface area contributed by atoms with Crippen molar-refractivity contribution in [2.45, 2.75) is 18.3 Å². The molecule has 2 heterocycles. The molecule has 0 atom stereocenters. The highest BCUT2D eigenvalue weighted by molar-refractivity contribution is 7.99. The molecule has 2 N–H and O–H groups in total. The van der Waals surface area contributed by atoms with Crippen LogP contribution in [0.4, 0.5) is 0 Å². The topological polar surface area (TPSA) is 110 Å². The first-order valence-corrected chi connectivity index (χ1v) is 6.99. The van der Waals surface area contributed by atoms with Gasteiger partial charge in [0, 0.05) is 12.3 Å². The van der Waals surface area contributed by atoms with Gasteiger partial charge in [0.25, 0.3) is 0 Å². The number of hydrogen-bond acceptors (Lipinski definition) is 7. The fourth-order valence-corrected chi connectivity index (χ4v) is 2.35. The summed E-state index contributed by atoms with van der Waals surface area (Å²) in [4.78, 5) is 14.7. The Balaban J connectivity index is 2.24. The second-order valence-corrected chi connectivity index (χ2v) is 4.97. The van der Waals surface area contributed by atoms with Gasteiger partial charge in [-0.1, -0.05) is 11.8 Å². The first kappa shape index (κ1) is 15.3. The van der Waals surface area contributed by atoms with Crippen molar-refractivity contribution in [2.75, 3.05) is 12.9 Å². The van der Waals surface area contributed by atoms with Gasteiger partial charge in [-0.05, 0) is 11.6 Å². The number of methoxy groups -OCH3 is 1. The Morgan fingerprint density at radius 2 is 2.29 bits per heavy atom. The van der Waals surface area contributed by atoms with E-state index in [0.29, 0.717) is 23.4 Å². The summed E-state index contributed by atoms with van der Waals surface area (Å²) >= 11 is 1.05. The van der Waals surface area contributed by atoms with Crippen LogP contribution in [0.15, 0.2) is 23.5 Å². The van der Waals surface area contributed by atoms with Crippen LogP contribution >= 0.6 is 11.8 Å². The molecule has 0 bridgehead atoms. The Kier molecular flexibility index (Phi) is 5.12. The van der Waals surface area contributed by atoms with Gasteiger partial charge in [0.15, 0.2) is 11.0 Å². The fourth-order valence-electron chi connectivity index (χ4n) is 1.67. The number of aliphatic carboxylic acids is 1. The van der Waals surface area contributed by atoms with Crippen molar-refractivity contribution in [3.05, 3.63) is 29.7 Å². The number of aromatic nitrogens is 4. The maximum Gasteiger partial charge on any atom is 0.313 e. The monoisotopic (exact) mass is 310 g/mol. The summed E-state index contributed by atoms with van der Waals surface area (Å²) in [6, 6.07) is 3.56. The molecule has 0 aliphatic rings. The second-order valence-electron chi connectivity index (χ2n) is 4.03. The number of nitrogens with zero attached hydrogens (tertiary/aromatic N) is 4. The lowest BCUT2D eigenvalue weighted by atomic mass is 10.2. The average molecular weight is 310 g/mol. The second kappa shape index (κ2) is 7.04. The Morgan fingerprint density at radius 1 is 1.48 bits per heavy atom. The van der Waals surface area contributed by atoms with Crippen molar-refractivity contribution in [2.24, 2.45) is 0 Å². The molecule has 0 aromatic carbocycles. The number of hydrogen-bond donors (Lipinski definition) is 2. The van der Waals surface area contributed by atoms with Crippen LogP contribution in [0.3, 0.4) is 0 Å². The summed E-state index contributed by atoms with van der Waals surface area (Å²) < 4.78 is 6.72. The van der Waals surface area contributed by atoms with E-state index in [2.05, 4.69) is 15.2 Å². The third kappa shape index (κ3) is 3.92. The number of thioether (sulfide) groups is 1. The van der Waals surface area contributed by atoms with E-state index >= 15 is 0 Å². The van der Waals surface area contributed by atoms with Crippen molar-refractivity contribution in [1.29, 1.82) is 0 Å².